The van der Waals surface area contributed by atoms with Gasteiger partial charge in [-0.05, 0) is 31.2 Å². The Labute approximate surface area is 171 Å². The summed E-state index contributed by atoms with van der Waals surface area (Å²) in [5.41, 5.74) is -0.632. The monoisotopic (exact) mass is 411 g/mol. The Balaban J connectivity index is 1.88. The average Bonchev–Trinajstić information content (AvgIpc) is 3.08. The summed E-state index contributed by atoms with van der Waals surface area (Å²) in [5, 5.41) is 15.3. The average molecular weight is 411 g/mol. The molecule has 0 saturated heterocycles. The predicted octanol–water partition coefficient (Wildman–Crippen LogP) is 4.09. The van der Waals surface area contributed by atoms with E-state index in [1.165, 1.54) is 13.0 Å². The number of amides is 1. The number of hydrazone groups is 1. The minimum Gasteiger partial charge on any atom is -0.497 e. The number of aromatic nitrogens is 1. The molecule has 0 fully saturated rings. The van der Waals surface area contributed by atoms with Crippen molar-refractivity contribution in [2.45, 2.75) is 25.5 Å². The van der Waals surface area contributed by atoms with Crippen molar-refractivity contribution in [2.75, 3.05) is 7.11 Å². The summed E-state index contributed by atoms with van der Waals surface area (Å²) in [7, 11) is 1.54. The normalized spacial score (nSPS) is 18.7. The van der Waals surface area contributed by atoms with Gasteiger partial charge in [0.15, 0.2) is 0 Å². The molecule has 1 amide bonds. The number of methoxy groups -OCH3 is 1. The molecule has 0 unspecified atom stereocenters. The third kappa shape index (κ3) is 3.29. The first-order valence-corrected chi connectivity index (χ1v) is 9.27. The van der Waals surface area contributed by atoms with Crippen LogP contribution in [0.15, 0.2) is 59.7 Å². The standard InChI is InChI=1S/C22H19F2N3O3/c1-13-12-22(29,21(23)24)27(26-13)20(28)17-11-19(14-6-5-7-15(10-14)30-2)25-18-9-4-3-8-16(17)18/h3-11,21,29H,12H2,1-2H3/t22-/m0/s1. The fourth-order valence-electron chi connectivity index (χ4n) is 3.53. The molecule has 3 aromatic rings. The Kier molecular flexibility index (Phi) is 4.95. The van der Waals surface area contributed by atoms with Crippen LogP contribution < -0.4 is 4.74 Å². The number of hydrogen-bond acceptors (Lipinski definition) is 5. The van der Waals surface area contributed by atoms with E-state index in [1.54, 1.807) is 49.6 Å². The van der Waals surface area contributed by atoms with Gasteiger partial charge in [-0.1, -0.05) is 30.3 Å². The lowest BCUT2D eigenvalue weighted by Crippen LogP contribution is -2.51. The molecular weight excluding hydrogens is 392 g/mol. The Hall–Kier alpha value is -3.39. The number of para-hydroxylation sites is 1. The fourth-order valence-corrected chi connectivity index (χ4v) is 3.53. The van der Waals surface area contributed by atoms with Crippen LogP contribution in [0.4, 0.5) is 8.78 Å². The van der Waals surface area contributed by atoms with Crippen LogP contribution in [0.5, 0.6) is 5.75 Å². The smallest absolute Gasteiger partial charge is 0.287 e. The number of pyridine rings is 1. The Bertz CT molecular complexity index is 1170. The van der Waals surface area contributed by atoms with Gasteiger partial charge in [0.1, 0.15) is 5.75 Å². The summed E-state index contributed by atoms with van der Waals surface area (Å²) < 4.78 is 32.5. The molecule has 0 aliphatic carbocycles. The van der Waals surface area contributed by atoms with Gasteiger partial charge in [-0.15, -0.1) is 0 Å². The van der Waals surface area contributed by atoms with Crippen LogP contribution in [0.2, 0.25) is 0 Å². The molecule has 30 heavy (non-hydrogen) atoms. The number of benzene rings is 2. The first kappa shape index (κ1) is 19.9. The molecule has 1 aliphatic rings. The molecule has 1 atom stereocenters. The van der Waals surface area contributed by atoms with Crippen LogP contribution in [-0.2, 0) is 0 Å². The Morgan fingerprint density at radius 1 is 1.20 bits per heavy atom. The maximum Gasteiger partial charge on any atom is 0.287 e. The highest BCUT2D eigenvalue weighted by Gasteiger charge is 2.51. The second-order valence-corrected chi connectivity index (χ2v) is 7.11. The first-order chi connectivity index (χ1) is 14.3. The van der Waals surface area contributed by atoms with Gasteiger partial charge in [0, 0.05) is 23.1 Å². The zero-order valence-corrected chi connectivity index (χ0v) is 16.3. The number of nitrogens with zero attached hydrogens (tertiary/aromatic N) is 3. The van der Waals surface area contributed by atoms with Crippen LogP contribution in [0, 0.1) is 0 Å². The van der Waals surface area contributed by atoms with Crippen molar-refractivity contribution in [2.24, 2.45) is 5.10 Å². The summed E-state index contributed by atoms with van der Waals surface area (Å²) in [5.74, 6) is -0.209. The predicted molar refractivity (Wildman–Crippen MR) is 109 cm³/mol. The number of carbonyl (C=O) groups excluding carboxylic acids is 1. The maximum absolute atomic E-state index is 13.6. The van der Waals surface area contributed by atoms with Gasteiger partial charge < -0.3 is 9.84 Å². The molecule has 2 aromatic carbocycles. The van der Waals surface area contributed by atoms with Crippen molar-refractivity contribution >= 4 is 22.5 Å². The number of ether oxygens (including phenoxy) is 1. The topological polar surface area (TPSA) is 75.0 Å². The van der Waals surface area contributed by atoms with Gasteiger partial charge in [0.2, 0.25) is 5.72 Å². The highest BCUT2D eigenvalue weighted by atomic mass is 19.3. The van der Waals surface area contributed by atoms with E-state index in [0.717, 1.165) is 0 Å². The van der Waals surface area contributed by atoms with E-state index < -0.39 is 24.5 Å². The molecule has 2 heterocycles. The van der Waals surface area contributed by atoms with Gasteiger partial charge in [-0.3, -0.25) is 4.79 Å². The number of carbonyl (C=O) groups is 1. The minimum absolute atomic E-state index is 0.121. The summed E-state index contributed by atoms with van der Waals surface area (Å²) in [4.78, 5) is 17.9. The van der Waals surface area contributed by atoms with Crippen molar-refractivity contribution in [1.29, 1.82) is 0 Å². The van der Waals surface area contributed by atoms with E-state index in [2.05, 4.69) is 10.1 Å². The Morgan fingerprint density at radius 3 is 2.70 bits per heavy atom. The molecule has 1 N–H and O–H groups in total. The summed E-state index contributed by atoms with van der Waals surface area (Å²) in [6.07, 6.45) is -3.59. The molecular formula is C22H19F2N3O3. The van der Waals surface area contributed by atoms with Gasteiger partial charge >= 0.3 is 0 Å². The molecule has 154 valence electrons. The molecule has 1 aliphatic heterocycles. The van der Waals surface area contributed by atoms with Gasteiger partial charge in [-0.2, -0.15) is 10.1 Å². The SMILES string of the molecule is COc1cccc(-c2cc(C(=O)N3N=C(C)C[C@]3(O)C(F)F)c3ccccc3n2)c1. The zero-order chi connectivity index (χ0) is 21.5. The number of hydrogen-bond donors (Lipinski definition) is 1. The van der Waals surface area contributed by atoms with Crippen LogP contribution in [0.25, 0.3) is 22.2 Å². The largest absolute Gasteiger partial charge is 0.497 e. The zero-order valence-electron chi connectivity index (χ0n) is 16.3. The third-order valence-electron chi connectivity index (χ3n) is 5.01. The molecule has 0 saturated carbocycles. The lowest BCUT2D eigenvalue weighted by atomic mass is 10.0. The number of aliphatic hydroxyl groups is 1. The van der Waals surface area contributed by atoms with Crippen LogP contribution in [-0.4, -0.2) is 46.0 Å². The molecule has 6 nitrogen and oxygen atoms in total. The van der Waals surface area contributed by atoms with Crippen molar-refractivity contribution in [3.63, 3.8) is 0 Å². The van der Waals surface area contributed by atoms with Crippen molar-refractivity contribution in [1.82, 2.24) is 9.99 Å². The fraction of sp³-hybridized carbons (Fsp3) is 0.227. The number of alkyl halides is 2. The summed E-state index contributed by atoms with van der Waals surface area (Å²) in [6.45, 7) is 1.49. The molecule has 8 heteroatoms. The highest BCUT2D eigenvalue weighted by molar-refractivity contribution is 6.08. The van der Waals surface area contributed by atoms with E-state index in [0.29, 0.717) is 32.9 Å². The number of fused-ring (bicyclic) bond motifs is 1. The van der Waals surface area contributed by atoms with Gasteiger partial charge in [-0.25, -0.2) is 13.8 Å². The number of halogens is 2. The number of rotatable bonds is 4. The van der Waals surface area contributed by atoms with Crippen molar-refractivity contribution in [3.05, 3.63) is 60.2 Å². The highest BCUT2D eigenvalue weighted by Crippen LogP contribution is 2.35. The van der Waals surface area contributed by atoms with E-state index in [-0.39, 0.29) is 11.3 Å². The molecule has 1 aromatic heterocycles. The Morgan fingerprint density at radius 2 is 1.97 bits per heavy atom. The quantitative estimate of drug-likeness (QED) is 0.702. The van der Waals surface area contributed by atoms with E-state index in [4.69, 9.17) is 4.74 Å². The first-order valence-electron chi connectivity index (χ1n) is 9.27. The van der Waals surface area contributed by atoms with Gasteiger partial charge in [0.25, 0.3) is 12.3 Å². The second-order valence-electron chi connectivity index (χ2n) is 7.11. The summed E-state index contributed by atoms with van der Waals surface area (Å²) >= 11 is 0. The maximum atomic E-state index is 13.6. The van der Waals surface area contributed by atoms with E-state index in [1.807, 2.05) is 6.07 Å². The van der Waals surface area contributed by atoms with Crippen LogP contribution in [0.3, 0.4) is 0 Å². The molecule has 0 spiro atoms. The van der Waals surface area contributed by atoms with Crippen molar-refractivity contribution in [3.8, 4) is 17.0 Å². The van der Waals surface area contributed by atoms with Gasteiger partial charge in [0.05, 0.1) is 23.9 Å². The molecule has 4 rings (SSSR count). The van der Waals surface area contributed by atoms with E-state index >= 15 is 0 Å². The molecule has 0 bridgehead atoms. The lowest BCUT2D eigenvalue weighted by molar-refractivity contribution is -0.164. The second kappa shape index (κ2) is 7.46. The van der Waals surface area contributed by atoms with Crippen LogP contribution in [0.1, 0.15) is 23.7 Å². The third-order valence-corrected chi connectivity index (χ3v) is 5.01. The lowest BCUT2D eigenvalue weighted by Gasteiger charge is -2.30. The van der Waals surface area contributed by atoms with E-state index in [9.17, 15) is 18.7 Å². The molecule has 0 radical (unpaired) electrons. The summed E-state index contributed by atoms with van der Waals surface area (Å²) in [6, 6.07) is 15.6. The minimum atomic E-state index is -3.17. The van der Waals surface area contributed by atoms with Crippen LogP contribution >= 0.6 is 0 Å². The van der Waals surface area contributed by atoms with Crippen molar-refractivity contribution < 1.29 is 23.4 Å².